The SMILES string of the molecule is CCCCCCCCCCCCOc1cc(C#Cc2ccc(-c3ccccn3)nc2)c(OCCCCCCCCCCCC)cc1C#Cc1ccc(-c2ccccn2)nc1. The lowest BCUT2D eigenvalue weighted by molar-refractivity contribution is 0.295. The minimum atomic E-state index is 0.621. The third kappa shape index (κ3) is 17.0. The lowest BCUT2D eigenvalue weighted by Crippen LogP contribution is -2.03. The molecule has 6 heteroatoms. The first-order valence-corrected chi connectivity index (χ1v) is 23.0. The van der Waals surface area contributed by atoms with Gasteiger partial charge in [0.15, 0.2) is 0 Å². The summed E-state index contributed by atoms with van der Waals surface area (Å²) in [6.45, 7) is 5.79. The van der Waals surface area contributed by atoms with E-state index in [2.05, 4.69) is 57.5 Å². The number of hydrogen-bond acceptors (Lipinski definition) is 6. The number of hydrogen-bond donors (Lipinski definition) is 0. The molecule has 0 amide bonds. The molecule has 4 aromatic heterocycles. The Morgan fingerprint density at radius 2 is 0.750 bits per heavy atom. The monoisotopic (exact) mass is 803 g/mol. The van der Waals surface area contributed by atoms with Crippen LogP contribution in [-0.2, 0) is 0 Å². The van der Waals surface area contributed by atoms with Crippen molar-refractivity contribution in [2.75, 3.05) is 13.2 Å². The van der Waals surface area contributed by atoms with E-state index in [0.717, 1.165) is 82.2 Å². The fourth-order valence-electron chi connectivity index (χ4n) is 7.08. The minimum absolute atomic E-state index is 0.621. The van der Waals surface area contributed by atoms with E-state index in [1.165, 1.54) is 103 Å². The molecule has 314 valence electrons. The van der Waals surface area contributed by atoms with Gasteiger partial charge in [-0.1, -0.05) is 165 Å². The Labute approximate surface area is 361 Å². The van der Waals surface area contributed by atoms with E-state index in [0.29, 0.717) is 13.2 Å². The number of unbranched alkanes of at least 4 members (excludes halogenated alkanes) is 18. The molecule has 0 bridgehead atoms. The number of rotatable bonds is 26. The molecule has 0 N–H and O–H groups in total. The Hall–Kier alpha value is -5.46. The van der Waals surface area contributed by atoms with Gasteiger partial charge in [-0.05, 0) is 61.4 Å². The second-order valence-corrected chi connectivity index (χ2v) is 15.7. The molecule has 5 rings (SSSR count). The summed E-state index contributed by atoms with van der Waals surface area (Å²) >= 11 is 0. The average Bonchev–Trinajstić information content (AvgIpc) is 3.30. The van der Waals surface area contributed by atoms with Gasteiger partial charge < -0.3 is 9.47 Å². The molecule has 1 aromatic carbocycles. The quantitative estimate of drug-likeness (QED) is 0.0410. The van der Waals surface area contributed by atoms with Gasteiger partial charge in [-0.25, -0.2) is 0 Å². The minimum Gasteiger partial charge on any atom is -0.492 e. The van der Waals surface area contributed by atoms with Crippen molar-refractivity contribution >= 4 is 0 Å². The second-order valence-electron chi connectivity index (χ2n) is 15.7. The average molecular weight is 803 g/mol. The van der Waals surface area contributed by atoms with Crippen LogP contribution in [0.5, 0.6) is 11.5 Å². The van der Waals surface area contributed by atoms with Gasteiger partial charge in [-0.3, -0.25) is 19.9 Å². The largest absolute Gasteiger partial charge is 0.492 e. The summed E-state index contributed by atoms with van der Waals surface area (Å²) in [5.41, 5.74) is 6.48. The fourth-order valence-corrected chi connectivity index (χ4v) is 7.08. The molecular formula is C54H66N4O2. The first-order valence-electron chi connectivity index (χ1n) is 23.0. The highest BCUT2D eigenvalue weighted by Gasteiger charge is 2.12. The van der Waals surface area contributed by atoms with Gasteiger partial charge in [0, 0.05) is 48.0 Å². The predicted octanol–water partition coefficient (Wildman–Crippen LogP) is 14.0. The van der Waals surface area contributed by atoms with Crippen molar-refractivity contribution in [1.29, 1.82) is 0 Å². The molecule has 0 saturated carbocycles. The van der Waals surface area contributed by atoms with E-state index in [9.17, 15) is 0 Å². The van der Waals surface area contributed by atoms with Crippen LogP contribution < -0.4 is 9.47 Å². The Kier molecular flexibility index (Phi) is 21.4. The highest BCUT2D eigenvalue weighted by atomic mass is 16.5. The molecule has 0 fully saturated rings. The van der Waals surface area contributed by atoms with E-state index < -0.39 is 0 Å². The van der Waals surface area contributed by atoms with Crippen LogP contribution in [0.4, 0.5) is 0 Å². The number of ether oxygens (including phenoxy) is 2. The molecule has 0 saturated heterocycles. The van der Waals surface area contributed by atoms with Gasteiger partial charge in [0.2, 0.25) is 0 Å². The van der Waals surface area contributed by atoms with Crippen LogP contribution in [0.3, 0.4) is 0 Å². The maximum absolute atomic E-state index is 6.53. The van der Waals surface area contributed by atoms with Gasteiger partial charge in [-0.2, -0.15) is 0 Å². The van der Waals surface area contributed by atoms with E-state index in [1.807, 2.05) is 72.8 Å². The van der Waals surface area contributed by atoms with Crippen molar-refractivity contribution in [2.24, 2.45) is 0 Å². The zero-order valence-corrected chi connectivity index (χ0v) is 36.4. The van der Waals surface area contributed by atoms with Crippen molar-refractivity contribution in [1.82, 2.24) is 19.9 Å². The molecular weight excluding hydrogens is 737 g/mol. The van der Waals surface area contributed by atoms with Crippen LogP contribution in [0.25, 0.3) is 22.8 Å². The number of aromatic nitrogens is 4. The van der Waals surface area contributed by atoms with Crippen LogP contribution in [0.2, 0.25) is 0 Å². The molecule has 0 aliphatic rings. The molecule has 0 atom stereocenters. The van der Waals surface area contributed by atoms with Gasteiger partial charge in [0.25, 0.3) is 0 Å². The van der Waals surface area contributed by atoms with Crippen LogP contribution in [0.1, 0.15) is 165 Å². The first-order chi connectivity index (χ1) is 29.7. The molecule has 0 aliphatic carbocycles. The summed E-state index contributed by atoms with van der Waals surface area (Å²) in [4.78, 5) is 18.2. The molecule has 0 unspecified atom stereocenters. The highest BCUT2D eigenvalue weighted by Crippen LogP contribution is 2.30. The number of pyridine rings is 4. The first kappa shape index (κ1) is 45.6. The summed E-state index contributed by atoms with van der Waals surface area (Å²) in [5, 5.41) is 0. The summed E-state index contributed by atoms with van der Waals surface area (Å²) < 4.78 is 13.1. The summed E-state index contributed by atoms with van der Waals surface area (Å²) in [7, 11) is 0. The van der Waals surface area contributed by atoms with Gasteiger partial charge in [0.05, 0.1) is 47.1 Å². The number of benzene rings is 1. The normalized spacial score (nSPS) is 10.7. The maximum atomic E-state index is 6.53. The molecule has 4 heterocycles. The molecule has 5 aromatic rings. The third-order valence-corrected chi connectivity index (χ3v) is 10.7. The number of nitrogens with zero attached hydrogens (tertiary/aromatic N) is 4. The van der Waals surface area contributed by atoms with Crippen molar-refractivity contribution in [3.8, 4) is 58.0 Å². The second kappa shape index (κ2) is 28.1. The Morgan fingerprint density at radius 3 is 1.08 bits per heavy atom. The summed E-state index contributed by atoms with van der Waals surface area (Å²) in [6, 6.07) is 23.6. The summed E-state index contributed by atoms with van der Waals surface area (Å²) in [6.07, 6.45) is 32.6. The topological polar surface area (TPSA) is 70.0 Å². The zero-order chi connectivity index (χ0) is 41.7. The van der Waals surface area contributed by atoms with Crippen LogP contribution in [-0.4, -0.2) is 33.1 Å². The molecule has 0 spiro atoms. The van der Waals surface area contributed by atoms with Gasteiger partial charge in [0.1, 0.15) is 11.5 Å². The van der Waals surface area contributed by atoms with Crippen LogP contribution in [0, 0.1) is 23.7 Å². The van der Waals surface area contributed by atoms with Crippen molar-refractivity contribution in [2.45, 2.75) is 142 Å². The van der Waals surface area contributed by atoms with Gasteiger partial charge >= 0.3 is 0 Å². The molecule has 0 aliphatic heterocycles. The smallest absolute Gasteiger partial charge is 0.136 e. The maximum Gasteiger partial charge on any atom is 0.136 e. The lowest BCUT2D eigenvalue weighted by atomic mass is 10.1. The van der Waals surface area contributed by atoms with Gasteiger partial charge in [-0.15, -0.1) is 0 Å². The van der Waals surface area contributed by atoms with E-state index >= 15 is 0 Å². The fraction of sp³-hybridized carbons (Fsp3) is 0.444. The molecule has 6 nitrogen and oxygen atoms in total. The van der Waals surface area contributed by atoms with E-state index in [1.54, 1.807) is 24.8 Å². The van der Waals surface area contributed by atoms with E-state index in [-0.39, 0.29) is 0 Å². The lowest BCUT2D eigenvalue weighted by Gasteiger charge is -2.14. The Bertz CT molecular complexity index is 1890. The zero-order valence-electron chi connectivity index (χ0n) is 36.4. The molecule has 60 heavy (non-hydrogen) atoms. The highest BCUT2D eigenvalue weighted by molar-refractivity contribution is 5.61. The summed E-state index contributed by atoms with van der Waals surface area (Å²) in [5.74, 6) is 14.9. The van der Waals surface area contributed by atoms with Crippen molar-refractivity contribution in [3.63, 3.8) is 0 Å². The predicted molar refractivity (Wildman–Crippen MR) is 248 cm³/mol. The Morgan fingerprint density at radius 1 is 0.383 bits per heavy atom. The van der Waals surface area contributed by atoms with Crippen LogP contribution in [0.15, 0.2) is 97.6 Å². The van der Waals surface area contributed by atoms with Crippen LogP contribution >= 0.6 is 0 Å². The van der Waals surface area contributed by atoms with E-state index in [4.69, 9.17) is 9.47 Å². The standard InChI is InChI=1S/C54H66N4O2/c1-3-5-7-9-11-13-15-17-19-25-39-59-53-41-48(34-30-46-32-36-52(58-44-46)50-28-22-24-38-56-50)54(60-40-26-20-18-16-14-12-10-8-6-4-2)42-47(53)33-29-45-31-35-51(57-43-45)49-27-21-23-37-55-49/h21-24,27-28,31-32,35-38,41-44H,3-20,25-26,39-40H2,1-2H3. The third-order valence-electron chi connectivity index (χ3n) is 10.7. The van der Waals surface area contributed by atoms with Crippen molar-refractivity contribution in [3.05, 3.63) is 120 Å². The Balaban J connectivity index is 1.32. The molecule has 0 radical (unpaired) electrons. The van der Waals surface area contributed by atoms with Crippen molar-refractivity contribution < 1.29 is 9.47 Å².